The van der Waals surface area contributed by atoms with E-state index in [2.05, 4.69) is 11.8 Å². The highest BCUT2D eigenvalue weighted by molar-refractivity contribution is 5.10. The fraction of sp³-hybridized carbons (Fsp3) is 0.467. The van der Waals surface area contributed by atoms with Crippen molar-refractivity contribution in [2.24, 2.45) is 5.73 Å². The molecule has 104 valence electrons. The first-order valence-electron chi connectivity index (χ1n) is 6.66. The number of hydrogen-bond donors (Lipinski definition) is 1. The molecule has 0 fully saturated rings. The molecule has 0 amide bonds. The van der Waals surface area contributed by atoms with Crippen molar-refractivity contribution in [3.8, 4) is 0 Å². The minimum Gasteiger partial charge on any atom is -0.468 e. The Hall–Kier alpha value is -1.52. The van der Waals surface area contributed by atoms with Crippen molar-refractivity contribution >= 4 is 0 Å². The number of nitrogens with zero attached hydrogens (tertiary/aromatic N) is 1. The molecule has 2 N–H and O–H groups in total. The van der Waals surface area contributed by atoms with Crippen LogP contribution in [0.25, 0.3) is 0 Å². The second kappa shape index (κ2) is 6.08. The predicted molar refractivity (Wildman–Crippen MR) is 74.6 cm³/mol. The minimum atomic E-state index is 0.0345. The zero-order valence-corrected chi connectivity index (χ0v) is 11.8. The van der Waals surface area contributed by atoms with Crippen LogP contribution in [0.15, 0.2) is 39.4 Å². The van der Waals surface area contributed by atoms with E-state index in [1.807, 2.05) is 38.2 Å². The summed E-state index contributed by atoms with van der Waals surface area (Å²) in [7, 11) is 2.04. The average molecular weight is 262 g/mol. The summed E-state index contributed by atoms with van der Waals surface area (Å²) in [6.45, 7) is 4.75. The van der Waals surface area contributed by atoms with Gasteiger partial charge in [0.2, 0.25) is 0 Å². The van der Waals surface area contributed by atoms with Gasteiger partial charge in [-0.15, -0.1) is 0 Å². The van der Waals surface area contributed by atoms with Crippen LogP contribution in [-0.2, 0) is 6.54 Å². The van der Waals surface area contributed by atoms with Crippen LogP contribution in [0.1, 0.15) is 36.7 Å². The van der Waals surface area contributed by atoms with E-state index in [0.29, 0.717) is 6.54 Å². The van der Waals surface area contributed by atoms with Crippen LogP contribution in [0.3, 0.4) is 0 Å². The molecule has 0 saturated heterocycles. The quantitative estimate of drug-likeness (QED) is 0.869. The summed E-state index contributed by atoms with van der Waals surface area (Å²) < 4.78 is 11.2. The zero-order valence-electron chi connectivity index (χ0n) is 11.8. The Kier molecular flexibility index (Phi) is 4.45. The SMILES string of the molecule is CCC(N)C(c1ccco1)N(C)Cc1ccc(C)o1. The van der Waals surface area contributed by atoms with E-state index in [0.717, 1.165) is 23.7 Å². The Balaban J connectivity index is 2.14. The summed E-state index contributed by atoms with van der Waals surface area (Å²) in [5.74, 6) is 2.78. The van der Waals surface area contributed by atoms with Crippen molar-refractivity contribution in [3.05, 3.63) is 47.8 Å². The standard InChI is InChI=1S/C15H22N2O2/c1-4-13(16)15(14-6-5-9-18-14)17(3)10-12-8-7-11(2)19-12/h5-9,13,15H,4,10,16H2,1-3H3. The molecule has 2 aromatic heterocycles. The van der Waals surface area contributed by atoms with Crippen LogP contribution in [0.5, 0.6) is 0 Å². The molecule has 0 aliphatic heterocycles. The first kappa shape index (κ1) is 13.9. The van der Waals surface area contributed by atoms with Crippen molar-refractivity contribution in [2.45, 2.75) is 38.9 Å². The van der Waals surface area contributed by atoms with E-state index in [9.17, 15) is 0 Å². The van der Waals surface area contributed by atoms with Gasteiger partial charge in [0.15, 0.2) is 0 Å². The number of hydrogen-bond acceptors (Lipinski definition) is 4. The van der Waals surface area contributed by atoms with E-state index in [1.54, 1.807) is 6.26 Å². The number of furan rings is 2. The summed E-state index contributed by atoms with van der Waals surface area (Å²) in [6.07, 6.45) is 2.59. The molecule has 2 unspecified atom stereocenters. The second-order valence-electron chi connectivity index (χ2n) is 4.96. The summed E-state index contributed by atoms with van der Waals surface area (Å²) in [5, 5.41) is 0. The Morgan fingerprint density at radius 2 is 2.11 bits per heavy atom. The number of likely N-dealkylation sites (N-methyl/N-ethyl adjacent to an activating group) is 1. The number of aryl methyl sites for hydroxylation is 1. The Morgan fingerprint density at radius 1 is 1.32 bits per heavy atom. The summed E-state index contributed by atoms with van der Waals surface area (Å²) in [4.78, 5) is 2.17. The van der Waals surface area contributed by atoms with Gasteiger partial charge in [0.1, 0.15) is 17.3 Å². The molecule has 0 bridgehead atoms. The Labute approximate surface area is 114 Å². The summed E-state index contributed by atoms with van der Waals surface area (Å²) in [6, 6.07) is 7.95. The van der Waals surface area contributed by atoms with Crippen molar-refractivity contribution in [1.29, 1.82) is 0 Å². The fourth-order valence-electron chi connectivity index (χ4n) is 2.35. The number of rotatable bonds is 6. The molecule has 2 heterocycles. The molecule has 0 radical (unpaired) electrons. The highest BCUT2D eigenvalue weighted by atomic mass is 16.3. The van der Waals surface area contributed by atoms with Crippen molar-refractivity contribution in [2.75, 3.05) is 7.05 Å². The first-order valence-corrected chi connectivity index (χ1v) is 6.66. The molecule has 0 aliphatic carbocycles. The molecular formula is C15H22N2O2. The van der Waals surface area contributed by atoms with E-state index in [1.165, 1.54) is 0 Å². The highest BCUT2D eigenvalue weighted by Gasteiger charge is 2.26. The van der Waals surface area contributed by atoms with Crippen molar-refractivity contribution in [3.63, 3.8) is 0 Å². The van der Waals surface area contributed by atoms with Gasteiger partial charge in [-0.05, 0) is 44.7 Å². The monoisotopic (exact) mass is 262 g/mol. The van der Waals surface area contributed by atoms with Crippen molar-refractivity contribution < 1.29 is 8.83 Å². The molecule has 0 aromatic carbocycles. The molecule has 2 atom stereocenters. The maximum absolute atomic E-state index is 6.24. The molecule has 2 aromatic rings. The third-order valence-corrected chi connectivity index (χ3v) is 3.39. The van der Waals surface area contributed by atoms with Gasteiger partial charge in [0, 0.05) is 6.04 Å². The van der Waals surface area contributed by atoms with Crippen LogP contribution in [-0.4, -0.2) is 18.0 Å². The Morgan fingerprint density at radius 3 is 2.63 bits per heavy atom. The van der Waals surface area contributed by atoms with Gasteiger partial charge < -0.3 is 14.6 Å². The van der Waals surface area contributed by atoms with Crippen LogP contribution < -0.4 is 5.73 Å². The molecule has 2 rings (SSSR count). The topological polar surface area (TPSA) is 55.5 Å². The van der Waals surface area contributed by atoms with E-state index in [4.69, 9.17) is 14.6 Å². The lowest BCUT2D eigenvalue weighted by molar-refractivity contribution is 0.164. The van der Waals surface area contributed by atoms with Crippen LogP contribution in [0, 0.1) is 6.92 Å². The fourth-order valence-corrected chi connectivity index (χ4v) is 2.35. The molecule has 0 saturated carbocycles. The van der Waals surface area contributed by atoms with Crippen molar-refractivity contribution in [1.82, 2.24) is 4.90 Å². The average Bonchev–Trinajstić information content (AvgIpc) is 3.01. The molecule has 19 heavy (non-hydrogen) atoms. The molecule has 0 spiro atoms. The van der Waals surface area contributed by atoms with Gasteiger partial charge in [0.05, 0.1) is 18.8 Å². The van der Waals surface area contributed by atoms with E-state index < -0.39 is 0 Å². The maximum Gasteiger partial charge on any atom is 0.122 e. The molecule has 4 nitrogen and oxygen atoms in total. The second-order valence-corrected chi connectivity index (χ2v) is 4.96. The number of nitrogens with two attached hydrogens (primary N) is 1. The van der Waals surface area contributed by atoms with Crippen LogP contribution in [0.2, 0.25) is 0 Å². The van der Waals surface area contributed by atoms with Gasteiger partial charge in [-0.2, -0.15) is 0 Å². The highest BCUT2D eigenvalue weighted by Crippen LogP contribution is 2.26. The predicted octanol–water partition coefficient (Wildman–Crippen LogP) is 3.09. The summed E-state index contributed by atoms with van der Waals surface area (Å²) in [5.41, 5.74) is 6.24. The Bertz CT molecular complexity index is 490. The van der Waals surface area contributed by atoms with E-state index in [-0.39, 0.29) is 12.1 Å². The van der Waals surface area contributed by atoms with Gasteiger partial charge in [-0.25, -0.2) is 0 Å². The smallest absolute Gasteiger partial charge is 0.122 e. The lowest BCUT2D eigenvalue weighted by Gasteiger charge is -2.30. The summed E-state index contributed by atoms with van der Waals surface area (Å²) >= 11 is 0. The zero-order chi connectivity index (χ0) is 13.8. The minimum absolute atomic E-state index is 0.0345. The lowest BCUT2D eigenvalue weighted by atomic mass is 10.0. The van der Waals surface area contributed by atoms with Gasteiger partial charge >= 0.3 is 0 Å². The van der Waals surface area contributed by atoms with Crippen LogP contribution in [0.4, 0.5) is 0 Å². The van der Waals surface area contributed by atoms with Crippen LogP contribution >= 0.6 is 0 Å². The molecule has 0 aliphatic rings. The molecular weight excluding hydrogens is 240 g/mol. The third kappa shape index (κ3) is 3.28. The maximum atomic E-state index is 6.24. The van der Waals surface area contributed by atoms with E-state index >= 15 is 0 Å². The third-order valence-electron chi connectivity index (χ3n) is 3.39. The molecule has 4 heteroatoms. The normalized spacial score (nSPS) is 14.8. The van der Waals surface area contributed by atoms with Gasteiger partial charge in [0.25, 0.3) is 0 Å². The first-order chi connectivity index (χ1) is 9.11. The largest absolute Gasteiger partial charge is 0.468 e. The van der Waals surface area contributed by atoms with Gasteiger partial charge in [-0.1, -0.05) is 6.92 Å². The van der Waals surface area contributed by atoms with Gasteiger partial charge in [-0.3, -0.25) is 4.90 Å². The lowest BCUT2D eigenvalue weighted by Crippen LogP contribution is -2.38.